The van der Waals surface area contributed by atoms with Gasteiger partial charge in [0, 0.05) is 23.4 Å². The number of rotatable bonds is 9. The van der Waals surface area contributed by atoms with Crippen LogP contribution >= 0.6 is 11.6 Å². The molecule has 1 N–H and O–H groups in total. The monoisotopic (exact) mass is 506 g/mol. The molecule has 3 aromatic carbocycles. The van der Waals surface area contributed by atoms with Crippen molar-refractivity contribution in [3.63, 3.8) is 0 Å². The first-order valence-electron chi connectivity index (χ1n) is 11.1. The lowest BCUT2D eigenvalue weighted by atomic mass is 10.0. The molecule has 10 heteroatoms. The Bertz CT molecular complexity index is 1370. The number of benzene rings is 3. The van der Waals surface area contributed by atoms with E-state index >= 15 is 0 Å². The molecule has 0 saturated heterocycles. The van der Waals surface area contributed by atoms with Gasteiger partial charge in [0.2, 0.25) is 0 Å². The minimum Gasteiger partial charge on any atom is -0.471 e. The van der Waals surface area contributed by atoms with Crippen LogP contribution in [0.5, 0.6) is 17.2 Å². The Morgan fingerprint density at radius 2 is 1.72 bits per heavy atom. The van der Waals surface area contributed by atoms with E-state index < -0.39 is 10.8 Å². The third kappa shape index (κ3) is 6.39. The van der Waals surface area contributed by atoms with Crippen LogP contribution in [0.2, 0.25) is 5.02 Å². The van der Waals surface area contributed by atoms with E-state index in [4.69, 9.17) is 21.1 Å². The highest BCUT2D eigenvalue weighted by atomic mass is 35.5. The van der Waals surface area contributed by atoms with Crippen LogP contribution in [0.25, 0.3) is 0 Å². The second-order valence-electron chi connectivity index (χ2n) is 8.22. The zero-order valence-corrected chi connectivity index (χ0v) is 20.3. The number of carbonyl (C=O) groups excluding carboxylic acids is 1. The summed E-state index contributed by atoms with van der Waals surface area (Å²) in [4.78, 5) is 23.6. The number of nitro benzene ring substituents is 1. The van der Waals surface area contributed by atoms with E-state index in [2.05, 4.69) is 24.3 Å². The van der Waals surface area contributed by atoms with Gasteiger partial charge in [0.15, 0.2) is 12.4 Å². The second-order valence-corrected chi connectivity index (χ2v) is 8.66. The number of nitrogens with one attached hydrogen (secondary N) is 1. The minimum absolute atomic E-state index is 0.115. The highest BCUT2D eigenvalue weighted by molar-refractivity contribution is 6.30. The Hall–Kier alpha value is -4.37. The summed E-state index contributed by atoms with van der Waals surface area (Å²) in [7, 11) is 0. The van der Waals surface area contributed by atoms with Crippen molar-refractivity contribution in [2.24, 2.45) is 0 Å². The highest BCUT2D eigenvalue weighted by Gasteiger charge is 2.16. The molecule has 184 valence electrons. The van der Waals surface area contributed by atoms with Gasteiger partial charge in [0.25, 0.3) is 11.6 Å². The fourth-order valence-corrected chi connectivity index (χ4v) is 3.42. The molecule has 4 rings (SSSR count). The van der Waals surface area contributed by atoms with E-state index in [9.17, 15) is 14.9 Å². The Morgan fingerprint density at radius 1 is 1.03 bits per heavy atom. The average molecular weight is 507 g/mol. The molecule has 0 fully saturated rings. The number of halogens is 1. The lowest BCUT2D eigenvalue weighted by molar-refractivity contribution is -0.384. The molecule has 4 aromatic rings. The van der Waals surface area contributed by atoms with Gasteiger partial charge in [-0.1, -0.05) is 37.6 Å². The molecule has 0 bridgehead atoms. The van der Waals surface area contributed by atoms with Crippen molar-refractivity contribution >= 4 is 28.9 Å². The number of nitrogens with zero attached hydrogens (tertiary/aromatic N) is 3. The van der Waals surface area contributed by atoms with Crippen molar-refractivity contribution in [3.05, 3.63) is 105 Å². The van der Waals surface area contributed by atoms with E-state index in [1.54, 1.807) is 30.5 Å². The summed E-state index contributed by atoms with van der Waals surface area (Å²) >= 11 is 5.88. The lowest BCUT2D eigenvalue weighted by Gasteiger charge is -2.09. The van der Waals surface area contributed by atoms with Crippen LogP contribution in [0.1, 0.15) is 35.8 Å². The SMILES string of the molecule is CC(C)c1ccc(OCn2ccc(C(=O)Nc3cc(Oc4ccc(Cl)cc4)cc([N+](=O)[O-])c3)n2)cc1. The van der Waals surface area contributed by atoms with Crippen molar-refractivity contribution in [3.8, 4) is 17.2 Å². The molecule has 0 radical (unpaired) electrons. The van der Waals surface area contributed by atoms with Crippen molar-refractivity contribution in [2.45, 2.75) is 26.5 Å². The Labute approximate surface area is 212 Å². The van der Waals surface area contributed by atoms with Gasteiger partial charge in [-0.3, -0.25) is 14.9 Å². The quantitative estimate of drug-likeness (QED) is 0.201. The molecule has 36 heavy (non-hydrogen) atoms. The fourth-order valence-electron chi connectivity index (χ4n) is 3.30. The van der Waals surface area contributed by atoms with Gasteiger partial charge in [-0.2, -0.15) is 5.10 Å². The van der Waals surface area contributed by atoms with Gasteiger partial charge in [-0.05, 0) is 53.9 Å². The van der Waals surface area contributed by atoms with Crippen molar-refractivity contribution < 1.29 is 19.2 Å². The number of nitro groups is 1. The number of anilines is 1. The maximum absolute atomic E-state index is 12.7. The lowest BCUT2D eigenvalue weighted by Crippen LogP contribution is -2.14. The van der Waals surface area contributed by atoms with Crippen molar-refractivity contribution in [2.75, 3.05) is 5.32 Å². The number of aromatic nitrogens is 2. The topological polar surface area (TPSA) is 109 Å². The summed E-state index contributed by atoms with van der Waals surface area (Å²) in [6.45, 7) is 4.35. The predicted molar refractivity (Wildman–Crippen MR) is 136 cm³/mol. The molecule has 0 saturated carbocycles. The molecule has 1 amide bonds. The first-order chi connectivity index (χ1) is 17.3. The molecule has 1 heterocycles. The normalized spacial score (nSPS) is 10.8. The Morgan fingerprint density at radius 3 is 2.39 bits per heavy atom. The third-order valence-corrected chi connectivity index (χ3v) is 5.44. The second kappa shape index (κ2) is 10.9. The fraction of sp³-hybridized carbons (Fsp3) is 0.154. The molecule has 0 spiro atoms. The van der Waals surface area contributed by atoms with Crippen LogP contribution < -0.4 is 14.8 Å². The number of hydrogen-bond donors (Lipinski definition) is 1. The molecule has 0 atom stereocenters. The van der Waals surface area contributed by atoms with E-state index in [1.165, 1.54) is 34.5 Å². The van der Waals surface area contributed by atoms with Crippen LogP contribution in [0, 0.1) is 10.1 Å². The number of hydrogen-bond acceptors (Lipinski definition) is 6. The van der Waals surface area contributed by atoms with Crippen molar-refractivity contribution in [1.82, 2.24) is 9.78 Å². The molecular weight excluding hydrogens is 484 g/mol. The van der Waals surface area contributed by atoms with Crippen LogP contribution in [-0.4, -0.2) is 20.6 Å². The first-order valence-corrected chi connectivity index (χ1v) is 11.4. The van der Waals surface area contributed by atoms with E-state index in [0.717, 1.165) is 0 Å². The molecule has 0 aliphatic heterocycles. The Balaban J connectivity index is 1.42. The molecule has 1 aromatic heterocycles. The third-order valence-electron chi connectivity index (χ3n) is 5.19. The number of carbonyl (C=O) groups is 1. The molecule has 9 nitrogen and oxygen atoms in total. The molecule has 0 unspecified atom stereocenters. The van der Waals surface area contributed by atoms with Gasteiger partial charge >= 0.3 is 0 Å². The van der Waals surface area contributed by atoms with Crippen molar-refractivity contribution in [1.29, 1.82) is 0 Å². The van der Waals surface area contributed by atoms with Crippen LogP contribution in [0.15, 0.2) is 79.0 Å². The van der Waals surface area contributed by atoms with Gasteiger partial charge in [0.05, 0.1) is 16.7 Å². The van der Waals surface area contributed by atoms with E-state index in [-0.39, 0.29) is 29.5 Å². The summed E-state index contributed by atoms with van der Waals surface area (Å²) in [5, 5.41) is 18.8. The van der Waals surface area contributed by atoms with Gasteiger partial charge in [-0.25, -0.2) is 4.68 Å². The van der Waals surface area contributed by atoms with Gasteiger partial charge in [-0.15, -0.1) is 0 Å². The standard InChI is InChI=1S/C26H23ClN4O5/c1-17(2)18-3-7-22(8-4-18)35-16-30-12-11-25(29-30)26(32)28-20-13-21(31(33)34)15-24(14-20)36-23-9-5-19(27)6-10-23/h3-15,17H,16H2,1-2H3,(H,28,32). The van der Waals surface area contributed by atoms with Crippen LogP contribution in [-0.2, 0) is 6.73 Å². The van der Waals surface area contributed by atoms with E-state index in [0.29, 0.717) is 22.4 Å². The molecule has 0 aliphatic rings. The highest BCUT2D eigenvalue weighted by Crippen LogP contribution is 2.30. The van der Waals surface area contributed by atoms with Crippen LogP contribution in [0.3, 0.4) is 0 Å². The summed E-state index contributed by atoms with van der Waals surface area (Å²) in [5.74, 6) is 1.20. The van der Waals surface area contributed by atoms with Gasteiger partial charge < -0.3 is 14.8 Å². The zero-order valence-electron chi connectivity index (χ0n) is 19.6. The minimum atomic E-state index is -0.565. The maximum Gasteiger partial charge on any atom is 0.276 e. The zero-order chi connectivity index (χ0) is 25.7. The predicted octanol–water partition coefficient (Wildman–Crippen LogP) is 6.65. The van der Waals surface area contributed by atoms with Gasteiger partial charge in [0.1, 0.15) is 17.2 Å². The summed E-state index contributed by atoms with van der Waals surface area (Å²) in [6.07, 6.45) is 1.61. The maximum atomic E-state index is 12.7. The van der Waals surface area contributed by atoms with Crippen LogP contribution in [0.4, 0.5) is 11.4 Å². The molecular formula is C26H23ClN4O5. The average Bonchev–Trinajstić information content (AvgIpc) is 3.33. The summed E-state index contributed by atoms with van der Waals surface area (Å²) < 4.78 is 12.9. The number of non-ortho nitro benzene ring substituents is 1. The number of ether oxygens (including phenoxy) is 2. The number of amides is 1. The van der Waals surface area contributed by atoms with E-state index in [1.807, 2.05) is 24.3 Å². The summed E-state index contributed by atoms with van der Waals surface area (Å²) in [5.41, 5.74) is 1.29. The first kappa shape index (κ1) is 24.7. The Kier molecular flexibility index (Phi) is 7.50. The molecule has 0 aliphatic carbocycles. The largest absolute Gasteiger partial charge is 0.471 e. The summed E-state index contributed by atoms with van der Waals surface area (Å²) in [6, 6.07) is 19.9. The smallest absolute Gasteiger partial charge is 0.276 e.